The summed E-state index contributed by atoms with van der Waals surface area (Å²) in [5, 5.41) is 6.19. The van der Waals surface area contributed by atoms with Gasteiger partial charge in [0.25, 0.3) is 0 Å². The Hall–Kier alpha value is -1.04. The number of anilines is 1. The molecule has 0 bridgehead atoms. The Morgan fingerprint density at radius 2 is 2.25 bits per heavy atom. The molecule has 1 aromatic heterocycles. The second-order valence-corrected chi connectivity index (χ2v) is 4.79. The molecule has 1 aliphatic rings. The Balaban J connectivity index is 0.00000180. The molecular weight excluding hydrogens is 299 g/mol. The number of rotatable bonds is 4. The number of nitrogens with one attached hydrogen (secondary N) is 2. The van der Waals surface area contributed by atoms with E-state index in [1.54, 1.807) is 6.20 Å². The fraction of sp³-hybridized carbons (Fsp3) is 0.538. The van der Waals surface area contributed by atoms with Crippen LogP contribution in [-0.4, -0.2) is 38.1 Å². The standard InChI is InChI=1S/C13H20N4O.2ClH/c1-17(2)12-10(4-3-6-15-12)9-16-13(18)11-5-7-14-8-11;;/h3-4,6,11,14H,5,7-9H2,1-2H3,(H,16,18);2*1H. The Morgan fingerprint density at radius 3 is 2.85 bits per heavy atom. The second kappa shape index (κ2) is 9.00. The van der Waals surface area contributed by atoms with Gasteiger partial charge in [-0.25, -0.2) is 4.98 Å². The van der Waals surface area contributed by atoms with Gasteiger partial charge in [-0.05, 0) is 19.0 Å². The zero-order valence-corrected chi connectivity index (χ0v) is 13.4. The zero-order valence-electron chi connectivity index (χ0n) is 11.8. The quantitative estimate of drug-likeness (QED) is 0.875. The summed E-state index contributed by atoms with van der Waals surface area (Å²) in [5.41, 5.74) is 1.04. The van der Waals surface area contributed by atoms with E-state index >= 15 is 0 Å². The number of carbonyl (C=O) groups excluding carboxylic acids is 1. The van der Waals surface area contributed by atoms with Crippen LogP contribution in [0.2, 0.25) is 0 Å². The smallest absolute Gasteiger partial charge is 0.224 e. The van der Waals surface area contributed by atoms with Crippen molar-refractivity contribution in [1.82, 2.24) is 15.6 Å². The minimum absolute atomic E-state index is 0. The Morgan fingerprint density at radius 1 is 1.50 bits per heavy atom. The van der Waals surface area contributed by atoms with Crippen LogP contribution in [0, 0.1) is 5.92 Å². The average Bonchev–Trinajstić information content (AvgIpc) is 2.90. The lowest BCUT2D eigenvalue weighted by molar-refractivity contribution is -0.124. The maximum absolute atomic E-state index is 11.9. The Bertz CT molecular complexity index is 423. The molecule has 1 atom stereocenters. The SMILES string of the molecule is CN(C)c1ncccc1CNC(=O)C1CCNC1.Cl.Cl. The van der Waals surface area contributed by atoms with E-state index < -0.39 is 0 Å². The van der Waals surface area contributed by atoms with E-state index in [0.29, 0.717) is 6.54 Å². The average molecular weight is 321 g/mol. The van der Waals surface area contributed by atoms with Crippen molar-refractivity contribution in [2.24, 2.45) is 5.92 Å². The van der Waals surface area contributed by atoms with E-state index in [9.17, 15) is 4.79 Å². The number of nitrogens with zero attached hydrogens (tertiary/aromatic N) is 2. The highest BCUT2D eigenvalue weighted by atomic mass is 35.5. The first-order chi connectivity index (χ1) is 8.68. The summed E-state index contributed by atoms with van der Waals surface area (Å²) in [7, 11) is 3.91. The molecule has 2 heterocycles. The normalized spacial score (nSPS) is 16.8. The molecule has 0 spiro atoms. The molecule has 7 heteroatoms. The van der Waals surface area contributed by atoms with Crippen LogP contribution >= 0.6 is 24.8 Å². The van der Waals surface area contributed by atoms with E-state index in [2.05, 4.69) is 15.6 Å². The van der Waals surface area contributed by atoms with Crippen molar-refractivity contribution in [3.63, 3.8) is 0 Å². The topological polar surface area (TPSA) is 57.3 Å². The largest absolute Gasteiger partial charge is 0.362 e. The van der Waals surface area contributed by atoms with Crippen LogP contribution in [0.1, 0.15) is 12.0 Å². The Labute approximate surface area is 132 Å². The van der Waals surface area contributed by atoms with E-state index in [0.717, 1.165) is 30.9 Å². The lowest BCUT2D eigenvalue weighted by Crippen LogP contribution is -2.32. The molecule has 0 aliphatic carbocycles. The van der Waals surface area contributed by atoms with Crippen molar-refractivity contribution in [2.45, 2.75) is 13.0 Å². The predicted octanol–water partition coefficient (Wildman–Crippen LogP) is 1.22. The van der Waals surface area contributed by atoms with Crippen LogP contribution in [-0.2, 0) is 11.3 Å². The van der Waals surface area contributed by atoms with Crippen molar-refractivity contribution in [3.05, 3.63) is 23.9 Å². The van der Waals surface area contributed by atoms with Gasteiger partial charge in [0, 0.05) is 38.9 Å². The molecule has 1 fully saturated rings. The van der Waals surface area contributed by atoms with Crippen LogP contribution in [0.15, 0.2) is 18.3 Å². The Kier molecular flexibility index (Phi) is 8.53. The monoisotopic (exact) mass is 320 g/mol. The van der Waals surface area contributed by atoms with Gasteiger partial charge >= 0.3 is 0 Å². The van der Waals surface area contributed by atoms with E-state index in [1.165, 1.54) is 0 Å². The van der Waals surface area contributed by atoms with Gasteiger partial charge in [0.2, 0.25) is 5.91 Å². The fourth-order valence-corrected chi connectivity index (χ4v) is 2.18. The number of amides is 1. The third kappa shape index (κ3) is 4.81. The van der Waals surface area contributed by atoms with Gasteiger partial charge in [-0.1, -0.05) is 6.07 Å². The van der Waals surface area contributed by atoms with Crippen LogP contribution in [0.3, 0.4) is 0 Å². The van der Waals surface area contributed by atoms with Gasteiger partial charge in [-0.15, -0.1) is 24.8 Å². The van der Waals surface area contributed by atoms with Crippen molar-refractivity contribution in [1.29, 1.82) is 0 Å². The third-order valence-corrected chi connectivity index (χ3v) is 3.18. The minimum Gasteiger partial charge on any atom is -0.362 e. The highest BCUT2D eigenvalue weighted by Crippen LogP contribution is 2.14. The van der Waals surface area contributed by atoms with Gasteiger partial charge in [0.1, 0.15) is 5.82 Å². The summed E-state index contributed by atoms with van der Waals surface area (Å²) in [6, 6.07) is 3.89. The van der Waals surface area contributed by atoms with Gasteiger partial charge in [-0.3, -0.25) is 4.79 Å². The summed E-state index contributed by atoms with van der Waals surface area (Å²) in [5.74, 6) is 1.15. The first-order valence-electron chi connectivity index (χ1n) is 6.28. The summed E-state index contributed by atoms with van der Waals surface area (Å²) in [4.78, 5) is 18.2. The molecule has 1 unspecified atom stereocenters. The molecule has 2 N–H and O–H groups in total. The highest BCUT2D eigenvalue weighted by Gasteiger charge is 2.22. The zero-order chi connectivity index (χ0) is 13.0. The number of aromatic nitrogens is 1. The van der Waals surface area contributed by atoms with E-state index in [1.807, 2.05) is 31.1 Å². The molecule has 114 valence electrons. The molecule has 20 heavy (non-hydrogen) atoms. The van der Waals surface area contributed by atoms with E-state index in [4.69, 9.17) is 0 Å². The minimum atomic E-state index is 0. The predicted molar refractivity (Wildman–Crippen MR) is 85.9 cm³/mol. The van der Waals surface area contributed by atoms with Gasteiger partial charge < -0.3 is 15.5 Å². The molecule has 0 aromatic carbocycles. The molecule has 1 aliphatic heterocycles. The molecule has 1 amide bonds. The molecule has 1 saturated heterocycles. The molecular formula is C13H22Cl2N4O. The van der Waals surface area contributed by atoms with Crippen LogP contribution in [0.5, 0.6) is 0 Å². The van der Waals surface area contributed by atoms with Crippen LogP contribution < -0.4 is 15.5 Å². The van der Waals surface area contributed by atoms with Crippen LogP contribution in [0.25, 0.3) is 0 Å². The van der Waals surface area contributed by atoms with Gasteiger partial charge in [0.05, 0.1) is 5.92 Å². The number of halogens is 2. The summed E-state index contributed by atoms with van der Waals surface area (Å²) < 4.78 is 0. The van der Waals surface area contributed by atoms with Crippen molar-refractivity contribution in [3.8, 4) is 0 Å². The highest BCUT2D eigenvalue weighted by molar-refractivity contribution is 5.85. The maximum atomic E-state index is 11.9. The summed E-state index contributed by atoms with van der Waals surface area (Å²) >= 11 is 0. The van der Waals surface area contributed by atoms with Gasteiger partial charge in [0.15, 0.2) is 0 Å². The first-order valence-corrected chi connectivity index (χ1v) is 6.28. The number of carbonyl (C=O) groups is 1. The second-order valence-electron chi connectivity index (χ2n) is 4.79. The lowest BCUT2D eigenvalue weighted by atomic mass is 10.1. The molecule has 2 rings (SSSR count). The maximum Gasteiger partial charge on any atom is 0.224 e. The summed E-state index contributed by atoms with van der Waals surface area (Å²) in [6.45, 7) is 2.27. The first kappa shape index (κ1) is 19.0. The van der Waals surface area contributed by atoms with Crippen molar-refractivity contribution in [2.75, 3.05) is 32.1 Å². The molecule has 1 aromatic rings. The number of hydrogen-bond acceptors (Lipinski definition) is 4. The number of hydrogen-bond donors (Lipinski definition) is 2. The van der Waals surface area contributed by atoms with Gasteiger partial charge in [-0.2, -0.15) is 0 Å². The lowest BCUT2D eigenvalue weighted by Gasteiger charge is -2.17. The molecule has 0 saturated carbocycles. The van der Waals surface area contributed by atoms with Crippen molar-refractivity contribution < 1.29 is 4.79 Å². The van der Waals surface area contributed by atoms with Crippen molar-refractivity contribution >= 4 is 36.5 Å². The molecule has 5 nitrogen and oxygen atoms in total. The van der Waals surface area contributed by atoms with E-state index in [-0.39, 0.29) is 36.6 Å². The molecule has 0 radical (unpaired) electrons. The summed E-state index contributed by atoms with van der Waals surface area (Å²) in [6.07, 6.45) is 2.70. The number of pyridine rings is 1. The van der Waals surface area contributed by atoms with Crippen LogP contribution in [0.4, 0.5) is 5.82 Å². The third-order valence-electron chi connectivity index (χ3n) is 3.18. The fourth-order valence-electron chi connectivity index (χ4n) is 2.18.